The third-order valence-corrected chi connectivity index (χ3v) is 5.07. The first-order valence-electron chi connectivity index (χ1n) is 9.71. The number of pyridine rings is 1. The van der Waals surface area contributed by atoms with E-state index in [0.717, 1.165) is 11.4 Å². The summed E-state index contributed by atoms with van der Waals surface area (Å²) in [5.41, 5.74) is 1.50. The zero-order valence-corrected chi connectivity index (χ0v) is 16.0. The maximum Gasteiger partial charge on any atom is 0.254 e. The molecule has 1 aromatic carbocycles. The van der Waals surface area contributed by atoms with Crippen LogP contribution < -0.4 is 10.1 Å². The van der Waals surface area contributed by atoms with E-state index in [1.165, 1.54) is 0 Å². The zero-order valence-electron chi connectivity index (χ0n) is 16.0. The highest BCUT2D eigenvalue weighted by atomic mass is 16.7. The summed E-state index contributed by atoms with van der Waals surface area (Å²) in [6.45, 7) is 5.12. The average molecular weight is 383 g/mol. The van der Waals surface area contributed by atoms with Crippen LogP contribution in [0.3, 0.4) is 0 Å². The molecule has 0 aliphatic carbocycles. The smallest absolute Gasteiger partial charge is 0.254 e. The fourth-order valence-electron chi connectivity index (χ4n) is 3.60. The summed E-state index contributed by atoms with van der Waals surface area (Å²) >= 11 is 0. The zero-order chi connectivity index (χ0) is 19.4. The van der Waals surface area contributed by atoms with Crippen molar-refractivity contribution in [1.29, 1.82) is 0 Å². The molecule has 7 nitrogen and oxygen atoms in total. The number of amides is 1. The second kappa shape index (κ2) is 8.16. The minimum atomic E-state index is -0.477. The van der Waals surface area contributed by atoms with Gasteiger partial charge in [0.2, 0.25) is 0 Å². The monoisotopic (exact) mass is 383 g/mol. The van der Waals surface area contributed by atoms with Crippen molar-refractivity contribution in [3.8, 4) is 5.75 Å². The number of hydrogen-bond donors (Lipinski definition) is 1. The van der Waals surface area contributed by atoms with Crippen LogP contribution in [0.1, 0.15) is 30.1 Å². The maximum absolute atomic E-state index is 12.9. The fraction of sp³-hybridized carbons (Fsp3) is 0.429. The molecule has 7 heteroatoms. The molecule has 148 valence electrons. The lowest BCUT2D eigenvalue weighted by molar-refractivity contribution is -0.181. The van der Waals surface area contributed by atoms with Gasteiger partial charge in [-0.2, -0.15) is 0 Å². The minimum Gasteiger partial charge on any atom is -0.494 e. The fourth-order valence-corrected chi connectivity index (χ4v) is 3.60. The van der Waals surface area contributed by atoms with E-state index < -0.39 is 5.79 Å². The molecule has 2 fully saturated rings. The molecule has 0 atom stereocenters. The third kappa shape index (κ3) is 4.10. The Hall–Kier alpha value is -2.64. The number of benzene rings is 1. The lowest BCUT2D eigenvalue weighted by Crippen LogP contribution is -2.47. The van der Waals surface area contributed by atoms with Crippen LogP contribution in [0, 0.1) is 0 Å². The largest absolute Gasteiger partial charge is 0.494 e. The van der Waals surface area contributed by atoms with Crippen molar-refractivity contribution >= 4 is 17.4 Å². The van der Waals surface area contributed by atoms with Gasteiger partial charge < -0.3 is 24.4 Å². The molecule has 0 radical (unpaired) electrons. The predicted molar refractivity (Wildman–Crippen MR) is 105 cm³/mol. The van der Waals surface area contributed by atoms with Crippen molar-refractivity contribution < 1.29 is 19.0 Å². The van der Waals surface area contributed by atoms with Crippen LogP contribution in [-0.2, 0) is 9.47 Å². The Bertz CT molecular complexity index is 809. The Kier molecular flexibility index (Phi) is 5.45. The van der Waals surface area contributed by atoms with Gasteiger partial charge in [0.1, 0.15) is 11.6 Å². The van der Waals surface area contributed by atoms with Gasteiger partial charge in [0.25, 0.3) is 5.91 Å². The van der Waals surface area contributed by atoms with Crippen LogP contribution in [0.2, 0.25) is 0 Å². The van der Waals surface area contributed by atoms with Crippen LogP contribution in [0.5, 0.6) is 5.75 Å². The average Bonchev–Trinajstić information content (AvgIpc) is 3.18. The van der Waals surface area contributed by atoms with Crippen molar-refractivity contribution in [2.45, 2.75) is 25.6 Å². The first kappa shape index (κ1) is 18.7. The highest BCUT2D eigenvalue weighted by Crippen LogP contribution is 2.31. The molecule has 0 bridgehead atoms. The van der Waals surface area contributed by atoms with Crippen LogP contribution in [0.4, 0.5) is 11.5 Å². The van der Waals surface area contributed by atoms with Crippen molar-refractivity contribution in [2.75, 3.05) is 38.2 Å². The number of carbonyl (C=O) groups is 1. The summed E-state index contributed by atoms with van der Waals surface area (Å²) < 4.78 is 16.9. The van der Waals surface area contributed by atoms with Gasteiger partial charge in [0.15, 0.2) is 5.79 Å². The molecule has 1 spiro atoms. The third-order valence-electron chi connectivity index (χ3n) is 5.07. The van der Waals surface area contributed by atoms with Crippen molar-refractivity contribution in [3.63, 3.8) is 0 Å². The highest BCUT2D eigenvalue weighted by Gasteiger charge is 2.40. The Morgan fingerprint density at radius 2 is 1.89 bits per heavy atom. The number of aromatic nitrogens is 1. The van der Waals surface area contributed by atoms with E-state index in [9.17, 15) is 4.79 Å². The van der Waals surface area contributed by atoms with E-state index in [2.05, 4.69) is 10.3 Å². The van der Waals surface area contributed by atoms with Crippen LogP contribution in [0.15, 0.2) is 42.6 Å². The molecule has 1 aromatic heterocycles. The summed E-state index contributed by atoms with van der Waals surface area (Å²) in [6.07, 6.45) is 3.07. The molecular weight excluding hydrogens is 358 g/mol. The topological polar surface area (TPSA) is 72.9 Å². The number of nitrogens with one attached hydrogen (secondary N) is 1. The Balaban J connectivity index is 1.39. The Morgan fingerprint density at radius 3 is 2.57 bits per heavy atom. The number of likely N-dealkylation sites (tertiary alicyclic amines) is 1. The SMILES string of the molecule is CCOc1ccc(Nc2cc(C(=O)N3CCC4(CC3)OCCO4)ccn2)cc1. The first-order chi connectivity index (χ1) is 13.7. The highest BCUT2D eigenvalue weighted by molar-refractivity contribution is 5.95. The maximum atomic E-state index is 12.9. The van der Waals surface area contributed by atoms with Crippen LogP contribution in [0.25, 0.3) is 0 Å². The molecular formula is C21H25N3O4. The first-order valence-corrected chi connectivity index (χ1v) is 9.71. The van der Waals surface area contributed by atoms with Crippen molar-refractivity contribution in [2.24, 2.45) is 0 Å². The summed E-state index contributed by atoms with van der Waals surface area (Å²) in [4.78, 5) is 19.1. The molecule has 2 aliphatic heterocycles. The predicted octanol–water partition coefficient (Wildman–Crippen LogP) is 3.20. The van der Waals surface area contributed by atoms with Crippen LogP contribution >= 0.6 is 0 Å². The number of ether oxygens (including phenoxy) is 3. The van der Waals surface area contributed by atoms with E-state index in [0.29, 0.717) is 57.1 Å². The summed E-state index contributed by atoms with van der Waals surface area (Å²) in [7, 11) is 0. The lowest BCUT2D eigenvalue weighted by atomic mass is 10.0. The quantitative estimate of drug-likeness (QED) is 0.855. The van der Waals surface area contributed by atoms with Gasteiger partial charge in [-0.05, 0) is 43.3 Å². The van der Waals surface area contributed by atoms with E-state index >= 15 is 0 Å². The van der Waals surface area contributed by atoms with Gasteiger partial charge in [-0.15, -0.1) is 0 Å². The van der Waals surface area contributed by atoms with Crippen molar-refractivity contribution in [1.82, 2.24) is 9.88 Å². The van der Waals surface area contributed by atoms with Crippen molar-refractivity contribution in [3.05, 3.63) is 48.2 Å². The molecule has 2 aromatic rings. The standard InChI is InChI=1S/C21H25N3O4/c1-2-26-18-5-3-17(4-6-18)23-19-15-16(7-10-22-19)20(25)24-11-8-21(9-12-24)27-13-14-28-21/h3-7,10,15H,2,8-9,11-14H2,1H3,(H,22,23). The Morgan fingerprint density at radius 1 is 1.18 bits per heavy atom. The number of nitrogens with zero attached hydrogens (tertiary/aromatic N) is 2. The van der Waals surface area contributed by atoms with Gasteiger partial charge in [-0.25, -0.2) is 4.98 Å². The molecule has 28 heavy (non-hydrogen) atoms. The van der Waals surface area contributed by atoms with Gasteiger partial charge in [-0.1, -0.05) is 0 Å². The van der Waals surface area contributed by atoms with E-state index in [1.54, 1.807) is 18.3 Å². The lowest BCUT2D eigenvalue weighted by Gasteiger charge is -2.37. The molecule has 2 saturated heterocycles. The second-order valence-corrected chi connectivity index (χ2v) is 6.91. The van der Waals surface area contributed by atoms with Gasteiger partial charge in [0.05, 0.1) is 19.8 Å². The molecule has 4 rings (SSSR count). The number of piperidine rings is 1. The number of rotatable bonds is 5. The molecule has 0 unspecified atom stereocenters. The van der Waals surface area contributed by atoms with Crippen LogP contribution in [-0.4, -0.2) is 54.5 Å². The summed E-state index contributed by atoms with van der Waals surface area (Å²) in [5.74, 6) is 0.981. The van der Waals surface area contributed by atoms with E-state index in [1.807, 2.05) is 36.1 Å². The number of hydrogen-bond acceptors (Lipinski definition) is 6. The van der Waals surface area contributed by atoms with E-state index in [-0.39, 0.29) is 5.91 Å². The number of carbonyl (C=O) groups excluding carboxylic acids is 1. The molecule has 1 amide bonds. The van der Waals surface area contributed by atoms with Gasteiger partial charge in [-0.3, -0.25) is 4.79 Å². The number of anilines is 2. The summed E-state index contributed by atoms with van der Waals surface area (Å²) in [6, 6.07) is 11.2. The molecule has 2 aliphatic rings. The van der Waals surface area contributed by atoms with Gasteiger partial charge in [0, 0.05) is 43.4 Å². The summed E-state index contributed by atoms with van der Waals surface area (Å²) in [5, 5.41) is 3.23. The van der Waals surface area contributed by atoms with E-state index in [4.69, 9.17) is 14.2 Å². The minimum absolute atomic E-state index is 0.00462. The Labute approximate surface area is 164 Å². The normalized spacial score (nSPS) is 18.2. The second-order valence-electron chi connectivity index (χ2n) is 6.91. The molecule has 3 heterocycles. The molecule has 0 saturated carbocycles. The van der Waals surface area contributed by atoms with Gasteiger partial charge >= 0.3 is 0 Å². The molecule has 1 N–H and O–H groups in total.